The summed E-state index contributed by atoms with van der Waals surface area (Å²) in [6.07, 6.45) is 7.44. The molecule has 1 fully saturated rings. The molecule has 0 bridgehead atoms. The number of nitrogens with one attached hydrogen (secondary N) is 1. The minimum Gasteiger partial charge on any atom is -0.423 e. The fraction of sp³-hybridized carbons (Fsp3) is 0.526. The predicted molar refractivity (Wildman–Crippen MR) is 87.4 cm³/mol. The van der Waals surface area contributed by atoms with Gasteiger partial charge in [0.2, 0.25) is 0 Å². The number of hydrogen-bond donors (Lipinski definition) is 1. The number of rotatable bonds is 2. The summed E-state index contributed by atoms with van der Waals surface area (Å²) in [4.78, 5) is 13.6. The van der Waals surface area contributed by atoms with Crippen LogP contribution in [-0.2, 0) is 19.4 Å². The predicted octanol–water partition coefficient (Wildman–Crippen LogP) is 2.24. The lowest BCUT2D eigenvalue weighted by Crippen LogP contribution is -3.14. The molecule has 116 valence electrons. The maximum Gasteiger partial charge on any atom is 0.336 e. The molecule has 1 aromatic heterocycles. The maximum absolute atomic E-state index is 12.0. The van der Waals surface area contributed by atoms with Gasteiger partial charge in [0.1, 0.15) is 12.1 Å². The Hall–Kier alpha value is -1.61. The Labute approximate surface area is 130 Å². The molecule has 1 N–H and O–H groups in total. The quantitative estimate of drug-likeness (QED) is 0.863. The molecule has 2 heterocycles. The van der Waals surface area contributed by atoms with Crippen LogP contribution in [0.25, 0.3) is 11.0 Å². The van der Waals surface area contributed by atoms with Gasteiger partial charge in [-0.05, 0) is 68.7 Å². The third-order valence-corrected chi connectivity index (χ3v) is 5.54. The Bertz CT molecular complexity index is 762. The Morgan fingerprint density at radius 1 is 1.14 bits per heavy atom. The molecule has 2 aliphatic rings. The van der Waals surface area contributed by atoms with Gasteiger partial charge in [-0.15, -0.1) is 0 Å². The fourth-order valence-corrected chi connectivity index (χ4v) is 4.20. The van der Waals surface area contributed by atoms with Crippen LogP contribution in [0.3, 0.4) is 0 Å². The number of benzene rings is 1. The van der Waals surface area contributed by atoms with Gasteiger partial charge in [0.05, 0.1) is 12.6 Å². The lowest BCUT2D eigenvalue weighted by atomic mass is 10.00. The van der Waals surface area contributed by atoms with Gasteiger partial charge in [-0.25, -0.2) is 4.79 Å². The van der Waals surface area contributed by atoms with E-state index in [1.807, 2.05) is 0 Å². The van der Waals surface area contributed by atoms with Crippen LogP contribution in [0.4, 0.5) is 0 Å². The molecule has 4 rings (SSSR count). The number of quaternary nitrogens is 1. The summed E-state index contributed by atoms with van der Waals surface area (Å²) in [6.45, 7) is 4.50. The molecule has 0 amide bonds. The lowest BCUT2D eigenvalue weighted by Gasteiger charge is -2.30. The zero-order valence-electron chi connectivity index (χ0n) is 13.3. The highest BCUT2D eigenvalue weighted by Crippen LogP contribution is 2.28. The summed E-state index contributed by atoms with van der Waals surface area (Å²) in [7, 11) is 0. The first kappa shape index (κ1) is 14.0. The summed E-state index contributed by atoms with van der Waals surface area (Å²) in [6, 6.07) is 6.80. The van der Waals surface area contributed by atoms with E-state index in [1.165, 1.54) is 48.9 Å². The van der Waals surface area contributed by atoms with Crippen molar-refractivity contribution in [3.8, 4) is 0 Å². The monoisotopic (exact) mass is 298 g/mol. The van der Waals surface area contributed by atoms with Gasteiger partial charge in [-0.3, -0.25) is 0 Å². The number of aryl methyl sites for hydroxylation is 2. The number of fused-ring (bicyclic) bond motifs is 2. The Kier molecular flexibility index (Phi) is 3.53. The molecule has 3 heteroatoms. The average molecular weight is 298 g/mol. The SMILES string of the molecule is C[C@H]1CCCC[NH+]1Cc1cc(=O)oc2cc3c(cc12)CCC3. The molecule has 1 aliphatic heterocycles. The van der Waals surface area contributed by atoms with E-state index in [9.17, 15) is 4.79 Å². The van der Waals surface area contributed by atoms with Crippen molar-refractivity contribution < 1.29 is 9.32 Å². The van der Waals surface area contributed by atoms with Crippen LogP contribution in [0.1, 0.15) is 49.3 Å². The van der Waals surface area contributed by atoms with Crippen LogP contribution in [-0.4, -0.2) is 12.6 Å². The lowest BCUT2D eigenvalue weighted by molar-refractivity contribution is -0.941. The summed E-state index contributed by atoms with van der Waals surface area (Å²) in [5.74, 6) is 0. The third-order valence-electron chi connectivity index (χ3n) is 5.54. The largest absolute Gasteiger partial charge is 0.423 e. The maximum atomic E-state index is 12.0. The van der Waals surface area contributed by atoms with Gasteiger partial charge in [-0.2, -0.15) is 0 Å². The molecule has 1 saturated heterocycles. The minimum absolute atomic E-state index is 0.204. The van der Waals surface area contributed by atoms with E-state index in [1.54, 1.807) is 11.0 Å². The first-order chi connectivity index (χ1) is 10.7. The van der Waals surface area contributed by atoms with E-state index in [-0.39, 0.29) is 5.63 Å². The molecule has 3 nitrogen and oxygen atoms in total. The minimum atomic E-state index is -0.204. The summed E-state index contributed by atoms with van der Waals surface area (Å²) in [5.41, 5.74) is 4.57. The van der Waals surface area contributed by atoms with Crippen molar-refractivity contribution in [3.05, 3.63) is 45.3 Å². The highest BCUT2D eigenvalue weighted by molar-refractivity contribution is 5.82. The van der Waals surface area contributed by atoms with Crippen molar-refractivity contribution in [2.75, 3.05) is 6.54 Å². The first-order valence-corrected chi connectivity index (χ1v) is 8.64. The van der Waals surface area contributed by atoms with Crippen molar-refractivity contribution in [1.82, 2.24) is 0 Å². The summed E-state index contributed by atoms with van der Waals surface area (Å²) >= 11 is 0. The van der Waals surface area contributed by atoms with Gasteiger partial charge in [0.25, 0.3) is 0 Å². The second-order valence-electron chi connectivity index (χ2n) is 7.04. The van der Waals surface area contributed by atoms with Gasteiger partial charge in [0, 0.05) is 17.0 Å². The van der Waals surface area contributed by atoms with E-state index in [0.717, 1.165) is 30.4 Å². The van der Waals surface area contributed by atoms with E-state index in [0.29, 0.717) is 6.04 Å². The number of hydrogen-bond acceptors (Lipinski definition) is 2. The molecule has 0 saturated carbocycles. The number of piperidine rings is 1. The van der Waals surface area contributed by atoms with Crippen LogP contribution in [0.2, 0.25) is 0 Å². The van der Waals surface area contributed by atoms with Gasteiger partial charge in [-0.1, -0.05) is 0 Å². The van der Waals surface area contributed by atoms with Crippen LogP contribution in [0, 0.1) is 0 Å². The third kappa shape index (κ3) is 2.48. The average Bonchev–Trinajstić information content (AvgIpc) is 2.95. The molecule has 2 aromatic rings. The molecule has 2 atom stereocenters. The van der Waals surface area contributed by atoms with Crippen molar-refractivity contribution in [1.29, 1.82) is 0 Å². The summed E-state index contributed by atoms with van der Waals surface area (Å²) < 4.78 is 5.48. The standard InChI is InChI=1S/C19H23NO2/c1-13-5-2-3-8-20(13)12-16-11-19(21)22-18-10-15-7-4-6-14(15)9-17(16)18/h9-11,13H,2-8,12H2,1H3/p+1/t13-/m0/s1. The van der Waals surface area contributed by atoms with Crippen molar-refractivity contribution in [2.24, 2.45) is 0 Å². The second kappa shape index (κ2) is 5.54. The fourth-order valence-electron chi connectivity index (χ4n) is 4.20. The molecule has 22 heavy (non-hydrogen) atoms. The molecule has 1 unspecified atom stereocenters. The van der Waals surface area contributed by atoms with Crippen molar-refractivity contribution in [2.45, 2.75) is 58.0 Å². The van der Waals surface area contributed by atoms with Crippen molar-refractivity contribution in [3.63, 3.8) is 0 Å². The van der Waals surface area contributed by atoms with E-state index < -0.39 is 0 Å². The van der Waals surface area contributed by atoms with Crippen LogP contribution >= 0.6 is 0 Å². The van der Waals surface area contributed by atoms with Gasteiger partial charge in [0.15, 0.2) is 0 Å². The Morgan fingerprint density at radius 3 is 2.77 bits per heavy atom. The Balaban J connectivity index is 1.77. The molecule has 1 aromatic carbocycles. The normalized spacial score (nSPS) is 24.6. The van der Waals surface area contributed by atoms with Crippen LogP contribution in [0.5, 0.6) is 0 Å². The molecule has 0 radical (unpaired) electrons. The van der Waals surface area contributed by atoms with Gasteiger partial charge < -0.3 is 9.32 Å². The highest BCUT2D eigenvalue weighted by atomic mass is 16.4. The number of likely N-dealkylation sites (tertiary alicyclic amines) is 1. The zero-order chi connectivity index (χ0) is 15.1. The molecule has 0 spiro atoms. The topological polar surface area (TPSA) is 34.7 Å². The highest BCUT2D eigenvalue weighted by Gasteiger charge is 2.24. The van der Waals surface area contributed by atoms with E-state index in [4.69, 9.17) is 4.42 Å². The van der Waals surface area contributed by atoms with E-state index in [2.05, 4.69) is 19.1 Å². The zero-order valence-corrected chi connectivity index (χ0v) is 13.3. The van der Waals surface area contributed by atoms with Gasteiger partial charge >= 0.3 is 5.63 Å². The smallest absolute Gasteiger partial charge is 0.336 e. The Morgan fingerprint density at radius 2 is 1.95 bits per heavy atom. The summed E-state index contributed by atoms with van der Waals surface area (Å²) in [5, 5.41) is 1.16. The van der Waals surface area contributed by atoms with Crippen molar-refractivity contribution >= 4 is 11.0 Å². The second-order valence-corrected chi connectivity index (χ2v) is 7.04. The molecular weight excluding hydrogens is 274 g/mol. The molecule has 1 aliphatic carbocycles. The van der Waals surface area contributed by atoms with Crippen LogP contribution < -0.4 is 10.5 Å². The van der Waals surface area contributed by atoms with Crippen LogP contribution in [0.15, 0.2) is 27.4 Å². The molecular formula is C19H24NO2+. The van der Waals surface area contributed by atoms with E-state index >= 15 is 0 Å². The first-order valence-electron chi connectivity index (χ1n) is 8.64.